The molecule has 0 radical (unpaired) electrons. The molecule has 124 valence electrons. The summed E-state index contributed by atoms with van der Waals surface area (Å²) < 4.78 is 7.65. The third kappa shape index (κ3) is 2.99. The number of benzene rings is 2. The van der Waals surface area contributed by atoms with E-state index in [-0.39, 0.29) is 4.88 Å². The van der Waals surface area contributed by atoms with E-state index in [2.05, 4.69) is 4.98 Å². The highest BCUT2D eigenvalue weighted by atomic mass is 32.1. The first kappa shape index (κ1) is 15.4. The van der Waals surface area contributed by atoms with E-state index in [1.165, 1.54) is 11.3 Å². The normalized spacial score (nSPS) is 10.9. The molecule has 0 fully saturated rings. The van der Waals surface area contributed by atoms with Gasteiger partial charge < -0.3 is 9.84 Å². The van der Waals surface area contributed by atoms with Crippen molar-refractivity contribution in [1.82, 2.24) is 9.55 Å². The van der Waals surface area contributed by atoms with E-state index in [9.17, 15) is 9.90 Å². The Morgan fingerprint density at radius 1 is 1.12 bits per heavy atom. The highest BCUT2D eigenvalue weighted by Gasteiger charge is 2.19. The van der Waals surface area contributed by atoms with E-state index in [1.807, 2.05) is 59.2 Å². The van der Waals surface area contributed by atoms with Crippen molar-refractivity contribution in [1.29, 1.82) is 0 Å². The second-order valence-electron chi connectivity index (χ2n) is 5.46. The maximum absolute atomic E-state index is 11.6. The molecule has 0 amide bonds. The summed E-state index contributed by atoms with van der Waals surface area (Å²) in [6, 6.07) is 19.1. The molecule has 6 heteroatoms. The van der Waals surface area contributed by atoms with Gasteiger partial charge in [-0.3, -0.25) is 4.57 Å². The lowest BCUT2D eigenvalue weighted by atomic mass is 10.2. The quantitative estimate of drug-likeness (QED) is 0.581. The predicted molar refractivity (Wildman–Crippen MR) is 96.7 cm³/mol. The molecule has 0 bridgehead atoms. The van der Waals surface area contributed by atoms with Crippen LogP contribution in [0.5, 0.6) is 5.75 Å². The molecular weight excluding hydrogens is 336 g/mol. The molecule has 0 spiro atoms. The third-order valence-electron chi connectivity index (χ3n) is 3.81. The van der Waals surface area contributed by atoms with E-state index < -0.39 is 5.97 Å². The largest absolute Gasteiger partial charge is 0.487 e. The lowest BCUT2D eigenvalue weighted by molar-refractivity contribution is 0.0697. The molecule has 4 rings (SSSR count). The van der Waals surface area contributed by atoms with Gasteiger partial charge in [0.15, 0.2) is 4.88 Å². The fraction of sp³-hybridized carbons (Fsp3) is 0.0526. The van der Waals surface area contributed by atoms with Crippen molar-refractivity contribution >= 4 is 28.3 Å². The minimum Gasteiger partial charge on any atom is -0.487 e. The Morgan fingerprint density at radius 2 is 1.88 bits per heavy atom. The molecule has 2 aromatic heterocycles. The number of carboxylic acid groups (broad SMARTS) is 1. The van der Waals surface area contributed by atoms with E-state index >= 15 is 0 Å². The molecule has 0 aliphatic carbocycles. The van der Waals surface area contributed by atoms with Crippen LogP contribution in [0.3, 0.4) is 0 Å². The van der Waals surface area contributed by atoms with Crippen LogP contribution in [-0.4, -0.2) is 20.6 Å². The molecule has 2 aromatic carbocycles. The van der Waals surface area contributed by atoms with E-state index in [1.54, 1.807) is 12.4 Å². The second kappa shape index (κ2) is 6.41. The van der Waals surface area contributed by atoms with Crippen molar-refractivity contribution in [3.63, 3.8) is 0 Å². The molecule has 0 aliphatic heterocycles. The van der Waals surface area contributed by atoms with Gasteiger partial charge in [-0.15, -0.1) is 11.3 Å². The van der Waals surface area contributed by atoms with Gasteiger partial charge >= 0.3 is 5.97 Å². The van der Waals surface area contributed by atoms with Gasteiger partial charge in [0, 0.05) is 6.07 Å². The minimum atomic E-state index is -0.997. The van der Waals surface area contributed by atoms with E-state index in [0.717, 1.165) is 21.6 Å². The van der Waals surface area contributed by atoms with Gasteiger partial charge in [-0.1, -0.05) is 42.5 Å². The van der Waals surface area contributed by atoms with Gasteiger partial charge in [0.25, 0.3) is 0 Å². The summed E-state index contributed by atoms with van der Waals surface area (Å²) in [6.45, 7) is 0.321. The first-order valence-electron chi connectivity index (χ1n) is 7.68. The second-order valence-corrected chi connectivity index (χ2v) is 6.49. The first-order valence-corrected chi connectivity index (χ1v) is 8.50. The molecule has 1 N–H and O–H groups in total. The van der Waals surface area contributed by atoms with Crippen LogP contribution in [0.4, 0.5) is 0 Å². The average Bonchev–Trinajstić information content (AvgIpc) is 3.25. The fourth-order valence-electron chi connectivity index (χ4n) is 2.61. The van der Waals surface area contributed by atoms with Gasteiger partial charge in [0.2, 0.25) is 0 Å². The molecule has 0 unspecified atom stereocenters. The SMILES string of the molecule is O=C(O)c1sc(-n2cnc3ccccc32)cc1OCc1ccccc1. The van der Waals surface area contributed by atoms with Crippen LogP contribution >= 0.6 is 11.3 Å². The Hall–Kier alpha value is -3.12. The Morgan fingerprint density at radius 3 is 2.68 bits per heavy atom. The zero-order valence-corrected chi connectivity index (χ0v) is 13.9. The van der Waals surface area contributed by atoms with Crippen LogP contribution in [0.25, 0.3) is 16.0 Å². The Kier molecular flexibility index (Phi) is 3.95. The topological polar surface area (TPSA) is 64.3 Å². The summed E-state index contributed by atoms with van der Waals surface area (Å²) in [7, 11) is 0. The van der Waals surface area contributed by atoms with Crippen LogP contribution in [0.1, 0.15) is 15.2 Å². The van der Waals surface area contributed by atoms with Crippen molar-refractivity contribution in [3.05, 3.63) is 77.4 Å². The number of carbonyl (C=O) groups is 1. The van der Waals surface area contributed by atoms with Gasteiger partial charge in [-0.05, 0) is 17.7 Å². The molecule has 0 aliphatic rings. The summed E-state index contributed by atoms with van der Waals surface area (Å²) in [5.41, 5.74) is 2.77. The number of ether oxygens (including phenoxy) is 1. The predicted octanol–water partition coefficient (Wildman–Crippen LogP) is 4.36. The molecule has 5 nitrogen and oxygen atoms in total. The maximum atomic E-state index is 11.6. The summed E-state index contributed by atoms with van der Waals surface area (Å²) >= 11 is 1.17. The van der Waals surface area contributed by atoms with Crippen LogP contribution in [0.2, 0.25) is 0 Å². The summed E-state index contributed by atoms with van der Waals surface area (Å²) in [4.78, 5) is 16.1. The summed E-state index contributed by atoms with van der Waals surface area (Å²) in [5, 5.41) is 10.3. The number of nitrogens with zero attached hydrogens (tertiary/aromatic N) is 2. The Bertz CT molecular complexity index is 1040. The molecular formula is C19H14N2O3S. The monoisotopic (exact) mass is 350 g/mol. The number of hydrogen-bond acceptors (Lipinski definition) is 4. The van der Waals surface area contributed by atoms with Gasteiger partial charge in [0.1, 0.15) is 23.7 Å². The number of fused-ring (bicyclic) bond motifs is 1. The lowest BCUT2D eigenvalue weighted by Crippen LogP contribution is -1.99. The van der Waals surface area contributed by atoms with Crippen molar-refractivity contribution in [2.75, 3.05) is 0 Å². The fourth-order valence-corrected chi connectivity index (χ4v) is 3.53. The first-order chi connectivity index (χ1) is 12.2. The average molecular weight is 350 g/mol. The highest BCUT2D eigenvalue weighted by Crippen LogP contribution is 2.34. The molecule has 2 heterocycles. The van der Waals surface area contributed by atoms with Crippen LogP contribution in [-0.2, 0) is 6.61 Å². The van der Waals surface area contributed by atoms with Gasteiger partial charge in [-0.2, -0.15) is 0 Å². The number of para-hydroxylation sites is 2. The van der Waals surface area contributed by atoms with Crippen molar-refractivity contribution in [3.8, 4) is 10.8 Å². The number of aromatic carboxylic acids is 1. The smallest absolute Gasteiger partial charge is 0.349 e. The number of hydrogen-bond donors (Lipinski definition) is 1. The third-order valence-corrected chi connectivity index (χ3v) is 4.91. The molecule has 25 heavy (non-hydrogen) atoms. The number of carboxylic acids is 1. The van der Waals surface area contributed by atoms with Gasteiger partial charge in [-0.25, -0.2) is 9.78 Å². The zero-order valence-electron chi connectivity index (χ0n) is 13.1. The number of imidazole rings is 1. The highest BCUT2D eigenvalue weighted by molar-refractivity contribution is 7.16. The van der Waals surface area contributed by atoms with Crippen molar-refractivity contribution in [2.24, 2.45) is 0 Å². The molecule has 0 atom stereocenters. The van der Waals surface area contributed by atoms with Crippen molar-refractivity contribution < 1.29 is 14.6 Å². The molecule has 0 saturated heterocycles. The van der Waals surface area contributed by atoms with E-state index in [4.69, 9.17) is 4.74 Å². The Balaban J connectivity index is 1.69. The zero-order chi connectivity index (χ0) is 17.2. The van der Waals surface area contributed by atoms with Crippen LogP contribution in [0.15, 0.2) is 67.0 Å². The van der Waals surface area contributed by atoms with E-state index in [0.29, 0.717) is 12.4 Å². The van der Waals surface area contributed by atoms with Gasteiger partial charge in [0.05, 0.1) is 11.0 Å². The number of aromatic nitrogens is 2. The Labute approximate surface area is 147 Å². The standard InChI is InChI=1S/C19H14N2O3S/c22-19(23)18-16(24-11-13-6-2-1-3-7-13)10-17(25-18)21-12-20-14-8-4-5-9-15(14)21/h1-10,12H,11H2,(H,22,23). The minimum absolute atomic E-state index is 0.184. The number of rotatable bonds is 5. The number of thiophene rings is 1. The van der Waals surface area contributed by atoms with Crippen molar-refractivity contribution in [2.45, 2.75) is 6.61 Å². The van der Waals surface area contributed by atoms with Crippen LogP contribution in [0, 0.1) is 0 Å². The molecule has 0 saturated carbocycles. The molecule has 4 aromatic rings. The lowest BCUT2D eigenvalue weighted by Gasteiger charge is -2.05. The maximum Gasteiger partial charge on any atom is 0.349 e. The summed E-state index contributed by atoms with van der Waals surface area (Å²) in [5.74, 6) is -0.627. The summed E-state index contributed by atoms with van der Waals surface area (Å²) in [6.07, 6.45) is 1.70. The van der Waals surface area contributed by atoms with Crippen LogP contribution < -0.4 is 4.74 Å².